The van der Waals surface area contributed by atoms with E-state index < -0.39 is 0 Å². The Hall–Kier alpha value is -1.33. The monoisotopic (exact) mass is 307 g/mol. The van der Waals surface area contributed by atoms with Crippen LogP contribution in [0.2, 0.25) is 0 Å². The number of hydrogen-bond donors (Lipinski definition) is 0. The lowest BCUT2D eigenvalue weighted by Gasteiger charge is -2.03. The molecular formula is C15H17NO2S2. The van der Waals surface area contributed by atoms with Crippen molar-refractivity contribution in [3.05, 3.63) is 35.2 Å². The highest BCUT2D eigenvalue weighted by atomic mass is 32.2. The first-order valence-corrected chi connectivity index (χ1v) is 8.57. The molecule has 0 saturated carbocycles. The van der Waals surface area contributed by atoms with E-state index in [9.17, 15) is 4.79 Å². The van der Waals surface area contributed by atoms with E-state index in [-0.39, 0.29) is 5.97 Å². The minimum absolute atomic E-state index is 0.138. The van der Waals surface area contributed by atoms with E-state index in [4.69, 9.17) is 4.74 Å². The van der Waals surface area contributed by atoms with Gasteiger partial charge in [-0.1, -0.05) is 36.0 Å². The van der Waals surface area contributed by atoms with Crippen molar-refractivity contribution in [3.63, 3.8) is 0 Å². The number of esters is 1. The first-order valence-electron chi connectivity index (χ1n) is 6.47. The van der Waals surface area contributed by atoms with Crippen molar-refractivity contribution in [3.8, 4) is 11.3 Å². The first-order chi connectivity index (χ1) is 9.72. The second-order valence-corrected chi connectivity index (χ2v) is 6.12. The summed E-state index contributed by atoms with van der Waals surface area (Å²) in [5.74, 6) is -0.138. The van der Waals surface area contributed by atoms with Gasteiger partial charge in [0, 0.05) is 17.4 Å². The molecule has 3 nitrogen and oxygen atoms in total. The van der Waals surface area contributed by atoms with E-state index in [0.29, 0.717) is 19.4 Å². The highest BCUT2D eigenvalue weighted by Crippen LogP contribution is 2.27. The van der Waals surface area contributed by atoms with Crippen LogP contribution in [0.4, 0.5) is 0 Å². The molecule has 0 bridgehead atoms. The standard InChI is InChI=1S/C15H17NO2S2/c1-3-18-14(17)9-6-11-4-7-12(8-5-11)13-10-20-15(16-13)19-2/h4-5,7-8,10H,3,6,9H2,1-2H3. The van der Waals surface area contributed by atoms with E-state index in [1.165, 1.54) is 0 Å². The van der Waals surface area contributed by atoms with Gasteiger partial charge in [-0.05, 0) is 25.2 Å². The Bertz CT molecular complexity index is 564. The third-order valence-corrected chi connectivity index (χ3v) is 4.69. The van der Waals surface area contributed by atoms with Crippen LogP contribution in [0.5, 0.6) is 0 Å². The van der Waals surface area contributed by atoms with Crippen LogP contribution >= 0.6 is 23.1 Å². The fourth-order valence-corrected chi connectivity index (χ4v) is 3.08. The zero-order valence-corrected chi connectivity index (χ0v) is 13.2. The maximum atomic E-state index is 11.3. The fraction of sp³-hybridized carbons (Fsp3) is 0.333. The highest BCUT2D eigenvalue weighted by Gasteiger charge is 2.05. The van der Waals surface area contributed by atoms with Gasteiger partial charge >= 0.3 is 5.97 Å². The van der Waals surface area contributed by atoms with Crippen molar-refractivity contribution in [2.75, 3.05) is 12.9 Å². The minimum Gasteiger partial charge on any atom is -0.466 e. The Kier molecular flexibility index (Phi) is 5.61. The molecule has 20 heavy (non-hydrogen) atoms. The second-order valence-electron chi connectivity index (χ2n) is 4.20. The maximum Gasteiger partial charge on any atom is 0.306 e. The molecule has 0 aliphatic heterocycles. The molecule has 0 aliphatic rings. The third kappa shape index (κ3) is 4.08. The molecule has 5 heteroatoms. The van der Waals surface area contributed by atoms with Crippen molar-refractivity contribution >= 4 is 29.1 Å². The Morgan fingerprint density at radius 1 is 1.35 bits per heavy atom. The van der Waals surface area contributed by atoms with Crippen LogP contribution in [0.1, 0.15) is 18.9 Å². The molecule has 0 fully saturated rings. The van der Waals surface area contributed by atoms with Gasteiger partial charge in [-0.15, -0.1) is 11.3 Å². The summed E-state index contributed by atoms with van der Waals surface area (Å²) in [6.45, 7) is 2.27. The largest absolute Gasteiger partial charge is 0.466 e. The molecule has 1 aromatic heterocycles. The molecule has 0 radical (unpaired) electrons. The normalized spacial score (nSPS) is 10.5. The number of nitrogens with zero attached hydrogens (tertiary/aromatic N) is 1. The summed E-state index contributed by atoms with van der Waals surface area (Å²) in [4.78, 5) is 15.8. The molecular weight excluding hydrogens is 290 g/mol. The molecule has 2 aromatic rings. The van der Waals surface area contributed by atoms with Crippen LogP contribution < -0.4 is 0 Å². The van der Waals surface area contributed by atoms with Gasteiger partial charge in [-0.2, -0.15) is 0 Å². The molecule has 0 atom stereocenters. The topological polar surface area (TPSA) is 39.2 Å². The van der Waals surface area contributed by atoms with Crippen molar-refractivity contribution in [2.45, 2.75) is 24.1 Å². The molecule has 106 valence electrons. The van der Waals surface area contributed by atoms with Gasteiger partial charge in [0.25, 0.3) is 0 Å². The minimum atomic E-state index is -0.138. The van der Waals surface area contributed by atoms with Crippen LogP contribution in [-0.2, 0) is 16.0 Å². The summed E-state index contributed by atoms with van der Waals surface area (Å²) >= 11 is 3.32. The van der Waals surface area contributed by atoms with Gasteiger partial charge in [-0.3, -0.25) is 4.79 Å². The lowest BCUT2D eigenvalue weighted by atomic mass is 10.1. The Balaban J connectivity index is 1.97. The average Bonchev–Trinajstić information content (AvgIpc) is 2.95. The Morgan fingerprint density at radius 3 is 2.70 bits per heavy atom. The quantitative estimate of drug-likeness (QED) is 0.597. The molecule has 0 aliphatic carbocycles. The summed E-state index contributed by atoms with van der Waals surface area (Å²) in [6, 6.07) is 8.21. The van der Waals surface area contributed by atoms with Crippen molar-refractivity contribution in [1.29, 1.82) is 0 Å². The number of carbonyl (C=O) groups excluding carboxylic acids is 1. The number of thiazole rings is 1. The molecule has 0 N–H and O–H groups in total. The maximum absolute atomic E-state index is 11.3. The number of hydrogen-bond acceptors (Lipinski definition) is 5. The van der Waals surface area contributed by atoms with E-state index in [1.807, 2.05) is 25.3 Å². The number of ether oxygens (including phenoxy) is 1. The number of aryl methyl sites for hydroxylation is 1. The lowest BCUT2D eigenvalue weighted by molar-refractivity contribution is -0.143. The highest BCUT2D eigenvalue weighted by molar-refractivity contribution is 8.00. The van der Waals surface area contributed by atoms with Crippen LogP contribution in [0, 0.1) is 0 Å². The molecule has 0 spiro atoms. The van der Waals surface area contributed by atoms with Gasteiger partial charge in [0.2, 0.25) is 0 Å². The number of carbonyl (C=O) groups is 1. The van der Waals surface area contributed by atoms with Crippen LogP contribution in [-0.4, -0.2) is 23.8 Å². The van der Waals surface area contributed by atoms with Gasteiger partial charge in [-0.25, -0.2) is 4.98 Å². The van der Waals surface area contributed by atoms with Crippen LogP contribution in [0.3, 0.4) is 0 Å². The molecule has 0 saturated heterocycles. The van der Waals surface area contributed by atoms with Gasteiger partial charge in [0.15, 0.2) is 0 Å². The molecule has 0 amide bonds. The third-order valence-electron chi connectivity index (χ3n) is 2.83. The van der Waals surface area contributed by atoms with E-state index in [0.717, 1.165) is 21.2 Å². The summed E-state index contributed by atoms with van der Waals surface area (Å²) < 4.78 is 6.00. The van der Waals surface area contributed by atoms with Gasteiger partial charge in [0.05, 0.1) is 12.3 Å². The van der Waals surface area contributed by atoms with Gasteiger partial charge in [0.1, 0.15) is 4.34 Å². The number of benzene rings is 1. The average molecular weight is 307 g/mol. The number of aromatic nitrogens is 1. The lowest BCUT2D eigenvalue weighted by Crippen LogP contribution is -2.05. The van der Waals surface area contributed by atoms with E-state index in [2.05, 4.69) is 22.5 Å². The Labute approximate surface area is 127 Å². The molecule has 0 unspecified atom stereocenters. The van der Waals surface area contributed by atoms with Crippen LogP contribution in [0.15, 0.2) is 34.0 Å². The summed E-state index contributed by atoms with van der Waals surface area (Å²) in [5.41, 5.74) is 3.26. The number of rotatable bonds is 6. The van der Waals surface area contributed by atoms with Gasteiger partial charge < -0.3 is 4.74 Å². The van der Waals surface area contributed by atoms with E-state index >= 15 is 0 Å². The fourth-order valence-electron chi connectivity index (χ4n) is 1.81. The van der Waals surface area contributed by atoms with E-state index in [1.54, 1.807) is 23.1 Å². The summed E-state index contributed by atoms with van der Waals surface area (Å²) in [5, 5.41) is 2.07. The summed E-state index contributed by atoms with van der Waals surface area (Å²) in [7, 11) is 0. The zero-order chi connectivity index (χ0) is 14.4. The molecule has 1 aromatic carbocycles. The predicted octanol–water partition coefficient (Wildman–Crippen LogP) is 4.03. The SMILES string of the molecule is CCOC(=O)CCc1ccc(-c2csc(SC)n2)cc1. The first kappa shape index (κ1) is 15.1. The zero-order valence-electron chi connectivity index (χ0n) is 11.6. The smallest absolute Gasteiger partial charge is 0.306 e. The Morgan fingerprint density at radius 2 is 2.10 bits per heavy atom. The van der Waals surface area contributed by atoms with Crippen LogP contribution in [0.25, 0.3) is 11.3 Å². The second kappa shape index (κ2) is 7.45. The van der Waals surface area contributed by atoms with Crippen molar-refractivity contribution in [2.24, 2.45) is 0 Å². The molecule has 2 rings (SSSR count). The molecule has 1 heterocycles. The summed E-state index contributed by atoms with van der Waals surface area (Å²) in [6.07, 6.45) is 3.17. The van der Waals surface area contributed by atoms with Crippen molar-refractivity contribution < 1.29 is 9.53 Å². The predicted molar refractivity (Wildman–Crippen MR) is 84.3 cm³/mol. The number of thioether (sulfide) groups is 1. The van der Waals surface area contributed by atoms with Crippen molar-refractivity contribution in [1.82, 2.24) is 4.98 Å².